The van der Waals surface area contributed by atoms with Crippen LogP contribution in [0, 0.1) is 6.92 Å². The van der Waals surface area contributed by atoms with Gasteiger partial charge in [0.05, 0.1) is 28.1 Å². The maximum Gasteiger partial charge on any atom is 0.137 e. The molecule has 0 aliphatic carbocycles. The average Bonchev–Trinajstić information content (AvgIpc) is 3.54. The predicted octanol–water partition coefficient (Wildman–Crippen LogP) is 10.1. The van der Waals surface area contributed by atoms with E-state index in [1.54, 1.807) is 0 Å². The second kappa shape index (κ2) is 11.2. The standard InChI is InChI=1S/C40H29N5/c1-28-14-16-30(17-15-28)39-40(43-36-12-6-5-11-35(36)42-39)31-20-24-34(25-21-31)45(32-9-3-2-4-10-32)33-22-18-29(19-23-33)37-27-44-26-8-7-13-38(44)41-37/h2-27H,1H3. The molecule has 8 rings (SSSR count). The Morgan fingerprint density at radius 2 is 0.978 bits per heavy atom. The van der Waals surface area contributed by atoms with E-state index in [4.69, 9.17) is 15.0 Å². The Morgan fingerprint density at radius 1 is 0.467 bits per heavy atom. The first-order valence-corrected chi connectivity index (χ1v) is 15.0. The van der Waals surface area contributed by atoms with Crippen molar-refractivity contribution >= 4 is 33.7 Å². The topological polar surface area (TPSA) is 46.3 Å². The highest BCUT2D eigenvalue weighted by molar-refractivity contribution is 5.87. The highest BCUT2D eigenvalue weighted by Crippen LogP contribution is 2.38. The second-order valence-electron chi connectivity index (χ2n) is 11.1. The molecule has 0 spiro atoms. The van der Waals surface area contributed by atoms with Crippen LogP contribution < -0.4 is 4.90 Å². The van der Waals surface area contributed by atoms with Gasteiger partial charge in [-0.15, -0.1) is 0 Å². The number of anilines is 3. The van der Waals surface area contributed by atoms with Gasteiger partial charge in [0.15, 0.2) is 0 Å². The highest BCUT2D eigenvalue weighted by Gasteiger charge is 2.16. The molecule has 45 heavy (non-hydrogen) atoms. The molecule has 0 atom stereocenters. The fraction of sp³-hybridized carbons (Fsp3) is 0.0250. The molecule has 0 aliphatic rings. The second-order valence-corrected chi connectivity index (χ2v) is 11.1. The summed E-state index contributed by atoms with van der Waals surface area (Å²) in [5.41, 5.74) is 12.9. The monoisotopic (exact) mass is 579 g/mol. The van der Waals surface area contributed by atoms with E-state index in [-0.39, 0.29) is 0 Å². The Balaban J connectivity index is 1.19. The van der Waals surface area contributed by atoms with Crippen molar-refractivity contribution in [2.24, 2.45) is 0 Å². The zero-order valence-electron chi connectivity index (χ0n) is 24.7. The smallest absolute Gasteiger partial charge is 0.137 e. The summed E-state index contributed by atoms with van der Waals surface area (Å²) in [5.74, 6) is 0. The molecular formula is C40H29N5. The lowest BCUT2D eigenvalue weighted by molar-refractivity contribution is 1.19. The number of para-hydroxylation sites is 3. The minimum atomic E-state index is 0.868. The quantitative estimate of drug-likeness (QED) is 0.197. The third kappa shape index (κ3) is 5.11. The van der Waals surface area contributed by atoms with Crippen LogP contribution in [0.2, 0.25) is 0 Å². The van der Waals surface area contributed by atoms with Gasteiger partial charge in [-0.3, -0.25) is 0 Å². The Kier molecular flexibility index (Phi) is 6.61. The lowest BCUT2D eigenvalue weighted by atomic mass is 10.0. The molecule has 3 aromatic heterocycles. The van der Waals surface area contributed by atoms with Crippen molar-refractivity contribution in [2.75, 3.05) is 4.90 Å². The molecule has 5 nitrogen and oxygen atoms in total. The van der Waals surface area contributed by atoms with Gasteiger partial charge in [-0.1, -0.05) is 90.5 Å². The Bertz CT molecular complexity index is 2220. The Morgan fingerprint density at radius 3 is 1.58 bits per heavy atom. The van der Waals surface area contributed by atoms with Gasteiger partial charge in [0, 0.05) is 46.1 Å². The van der Waals surface area contributed by atoms with Crippen molar-refractivity contribution in [3.63, 3.8) is 0 Å². The molecule has 0 aliphatic heterocycles. The zero-order chi connectivity index (χ0) is 30.2. The number of fused-ring (bicyclic) bond motifs is 2. The summed E-state index contributed by atoms with van der Waals surface area (Å²) in [5, 5.41) is 0. The fourth-order valence-corrected chi connectivity index (χ4v) is 5.76. The molecule has 0 radical (unpaired) electrons. The van der Waals surface area contributed by atoms with Gasteiger partial charge >= 0.3 is 0 Å². The number of aryl methyl sites for hydroxylation is 1. The molecule has 0 bridgehead atoms. The van der Waals surface area contributed by atoms with Crippen LogP contribution in [-0.4, -0.2) is 19.4 Å². The van der Waals surface area contributed by atoms with E-state index < -0.39 is 0 Å². The first kappa shape index (κ1) is 26.5. The third-order valence-corrected chi connectivity index (χ3v) is 8.09. The molecule has 5 heteroatoms. The highest BCUT2D eigenvalue weighted by atomic mass is 15.1. The normalized spacial score (nSPS) is 11.2. The van der Waals surface area contributed by atoms with Crippen molar-refractivity contribution in [3.8, 4) is 33.8 Å². The van der Waals surface area contributed by atoms with Crippen LogP contribution in [0.1, 0.15) is 5.56 Å². The maximum atomic E-state index is 5.11. The van der Waals surface area contributed by atoms with Crippen molar-refractivity contribution in [3.05, 3.63) is 164 Å². The van der Waals surface area contributed by atoms with E-state index in [0.717, 1.165) is 67.5 Å². The van der Waals surface area contributed by atoms with E-state index in [0.29, 0.717) is 0 Å². The van der Waals surface area contributed by atoms with Crippen LogP contribution in [0.3, 0.4) is 0 Å². The van der Waals surface area contributed by atoms with Crippen molar-refractivity contribution in [1.29, 1.82) is 0 Å². The molecule has 0 saturated heterocycles. The van der Waals surface area contributed by atoms with Crippen molar-refractivity contribution < 1.29 is 0 Å². The van der Waals surface area contributed by atoms with E-state index in [1.165, 1.54) is 5.56 Å². The first-order chi connectivity index (χ1) is 22.2. The van der Waals surface area contributed by atoms with E-state index in [1.807, 2.05) is 59.1 Å². The molecule has 8 aromatic rings. The number of nitrogens with zero attached hydrogens (tertiary/aromatic N) is 5. The summed E-state index contributed by atoms with van der Waals surface area (Å²) in [7, 11) is 0. The summed E-state index contributed by atoms with van der Waals surface area (Å²) in [6, 6.07) is 50.2. The molecule has 214 valence electrons. The molecular weight excluding hydrogens is 550 g/mol. The average molecular weight is 580 g/mol. The maximum absolute atomic E-state index is 5.11. The Hall–Kier alpha value is -6.07. The van der Waals surface area contributed by atoms with Gasteiger partial charge in [0.25, 0.3) is 0 Å². The third-order valence-electron chi connectivity index (χ3n) is 8.09. The van der Waals surface area contributed by atoms with Crippen LogP contribution in [0.4, 0.5) is 17.1 Å². The molecule has 0 N–H and O–H groups in total. The SMILES string of the molecule is Cc1ccc(-c2nc3ccccc3nc2-c2ccc(N(c3ccccc3)c3ccc(-c4cn5ccccc5n4)cc3)cc2)cc1. The van der Waals surface area contributed by atoms with E-state index >= 15 is 0 Å². The fourth-order valence-electron chi connectivity index (χ4n) is 5.76. The minimum absolute atomic E-state index is 0.868. The van der Waals surface area contributed by atoms with Crippen LogP contribution in [0.5, 0.6) is 0 Å². The number of pyridine rings is 1. The summed E-state index contributed by atoms with van der Waals surface area (Å²) >= 11 is 0. The number of hydrogen-bond acceptors (Lipinski definition) is 4. The summed E-state index contributed by atoms with van der Waals surface area (Å²) in [4.78, 5) is 17.2. The molecule has 0 amide bonds. The summed E-state index contributed by atoms with van der Waals surface area (Å²) in [6.07, 6.45) is 4.09. The van der Waals surface area contributed by atoms with E-state index in [9.17, 15) is 0 Å². The number of aromatic nitrogens is 4. The lowest BCUT2D eigenvalue weighted by Crippen LogP contribution is -2.09. The van der Waals surface area contributed by atoms with Gasteiger partial charge in [-0.05, 0) is 67.6 Å². The number of hydrogen-bond donors (Lipinski definition) is 0. The first-order valence-electron chi connectivity index (χ1n) is 15.0. The molecule has 0 fully saturated rings. The summed E-state index contributed by atoms with van der Waals surface area (Å²) in [6.45, 7) is 2.10. The molecule has 3 heterocycles. The number of benzene rings is 5. The van der Waals surface area contributed by atoms with Crippen LogP contribution in [0.15, 0.2) is 158 Å². The van der Waals surface area contributed by atoms with E-state index in [2.05, 4.69) is 115 Å². The van der Waals surface area contributed by atoms with Gasteiger partial charge in [-0.2, -0.15) is 0 Å². The van der Waals surface area contributed by atoms with Gasteiger partial charge < -0.3 is 9.30 Å². The largest absolute Gasteiger partial charge is 0.311 e. The van der Waals surface area contributed by atoms with Crippen molar-refractivity contribution in [2.45, 2.75) is 6.92 Å². The number of imidazole rings is 1. The molecule has 0 unspecified atom stereocenters. The van der Waals surface area contributed by atoms with Gasteiger partial charge in [0.1, 0.15) is 5.65 Å². The number of rotatable bonds is 6. The zero-order valence-corrected chi connectivity index (χ0v) is 24.7. The lowest BCUT2D eigenvalue weighted by Gasteiger charge is -2.26. The van der Waals surface area contributed by atoms with Crippen LogP contribution in [-0.2, 0) is 0 Å². The van der Waals surface area contributed by atoms with Crippen LogP contribution in [0.25, 0.3) is 50.5 Å². The van der Waals surface area contributed by atoms with Crippen molar-refractivity contribution in [1.82, 2.24) is 19.4 Å². The van der Waals surface area contributed by atoms with Crippen LogP contribution >= 0.6 is 0 Å². The predicted molar refractivity (Wildman–Crippen MR) is 184 cm³/mol. The van der Waals surface area contributed by atoms with Gasteiger partial charge in [0.2, 0.25) is 0 Å². The van der Waals surface area contributed by atoms with Gasteiger partial charge in [-0.25, -0.2) is 15.0 Å². The summed E-state index contributed by atoms with van der Waals surface area (Å²) < 4.78 is 2.05. The minimum Gasteiger partial charge on any atom is -0.311 e. The Labute approximate surface area is 261 Å². The molecule has 0 saturated carbocycles. The molecule has 5 aromatic carbocycles.